The SMILES string of the molecule is CCC(F)(F)c1ccc(C(C(=O)Nc2cnccn2)c2ccccc2)cc1. The number of amides is 1. The highest BCUT2D eigenvalue weighted by Gasteiger charge is 2.30. The third-order valence-electron chi connectivity index (χ3n) is 4.32. The van der Waals surface area contributed by atoms with Gasteiger partial charge in [0, 0.05) is 24.4 Å². The van der Waals surface area contributed by atoms with Crippen molar-refractivity contribution in [3.05, 3.63) is 89.9 Å². The number of nitrogens with zero attached hydrogens (tertiary/aromatic N) is 2. The van der Waals surface area contributed by atoms with Crippen LogP contribution < -0.4 is 5.32 Å². The first-order valence-corrected chi connectivity index (χ1v) is 8.61. The lowest BCUT2D eigenvalue weighted by Gasteiger charge is -2.19. The Morgan fingerprint density at radius 2 is 1.70 bits per heavy atom. The molecule has 138 valence electrons. The molecule has 0 saturated carbocycles. The third-order valence-corrected chi connectivity index (χ3v) is 4.32. The number of rotatable bonds is 6. The van der Waals surface area contributed by atoms with Crippen LogP contribution in [0.15, 0.2) is 73.2 Å². The van der Waals surface area contributed by atoms with Gasteiger partial charge in [0.1, 0.15) is 0 Å². The van der Waals surface area contributed by atoms with E-state index in [2.05, 4.69) is 15.3 Å². The number of aromatic nitrogens is 2. The molecule has 4 nitrogen and oxygen atoms in total. The number of nitrogens with one attached hydrogen (secondary N) is 1. The molecule has 1 aromatic heterocycles. The minimum atomic E-state index is -2.89. The third kappa shape index (κ3) is 4.34. The molecule has 3 aromatic rings. The molecule has 0 aliphatic heterocycles. The molecule has 0 aliphatic rings. The van der Waals surface area contributed by atoms with E-state index in [1.165, 1.54) is 37.6 Å². The highest BCUT2D eigenvalue weighted by atomic mass is 19.3. The Kier molecular flexibility index (Phi) is 5.54. The molecule has 1 N–H and O–H groups in total. The van der Waals surface area contributed by atoms with E-state index in [0.29, 0.717) is 11.4 Å². The van der Waals surface area contributed by atoms with E-state index in [9.17, 15) is 13.6 Å². The second-order valence-electron chi connectivity index (χ2n) is 6.10. The molecule has 0 bridgehead atoms. The topological polar surface area (TPSA) is 54.9 Å². The highest BCUT2D eigenvalue weighted by Crippen LogP contribution is 2.33. The zero-order chi connectivity index (χ0) is 19.3. The number of hydrogen-bond acceptors (Lipinski definition) is 3. The summed E-state index contributed by atoms with van der Waals surface area (Å²) < 4.78 is 27.8. The standard InChI is InChI=1S/C21H19F2N3O/c1-2-21(22,23)17-10-8-16(9-11-17)19(15-6-4-3-5-7-15)20(27)26-18-14-24-12-13-25-18/h3-14,19H,2H2,1H3,(H,25,26,27). The number of benzene rings is 2. The molecule has 0 spiro atoms. The summed E-state index contributed by atoms with van der Waals surface area (Å²) in [6.07, 6.45) is 4.16. The first-order chi connectivity index (χ1) is 13.0. The molecule has 3 rings (SSSR count). The van der Waals surface area contributed by atoms with Crippen LogP contribution in [0.5, 0.6) is 0 Å². The summed E-state index contributed by atoms with van der Waals surface area (Å²) in [6, 6.07) is 15.1. The normalized spacial score (nSPS) is 12.4. The van der Waals surface area contributed by atoms with E-state index in [1.54, 1.807) is 12.1 Å². The van der Waals surface area contributed by atoms with Gasteiger partial charge < -0.3 is 5.32 Å². The van der Waals surface area contributed by atoms with Gasteiger partial charge in [0.05, 0.1) is 12.1 Å². The Balaban J connectivity index is 1.94. The van der Waals surface area contributed by atoms with Crippen molar-refractivity contribution in [1.82, 2.24) is 9.97 Å². The summed E-state index contributed by atoms with van der Waals surface area (Å²) in [7, 11) is 0. The molecule has 27 heavy (non-hydrogen) atoms. The van der Waals surface area contributed by atoms with E-state index in [1.807, 2.05) is 30.3 Å². The van der Waals surface area contributed by atoms with Crippen LogP contribution in [0.2, 0.25) is 0 Å². The van der Waals surface area contributed by atoms with Crippen molar-refractivity contribution in [1.29, 1.82) is 0 Å². The van der Waals surface area contributed by atoms with E-state index in [0.717, 1.165) is 5.56 Å². The van der Waals surface area contributed by atoms with Crippen LogP contribution in [0.25, 0.3) is 0 Å². The summed E-state index contributed by atoms with van der Waals surface area (Å²) in [6.45, 7) is 1.44. The smallest absolute Gasteiger partial charge is 0.273 e. The number of carbonyl (C=O) groups excluding carboxylic acids is 1. The summed E-state index contributed by atoms with van der Waals surface area (Å²) in [5.41, 5.74) is 1.32. The average molecular weight is 367 g/mol. The number of alkyl halides is 2. The van der Waals surface area contributed by atoms with Crippen LogP contribution in [-0.2, 0) is 10.7 Å². The zero-order valence-electron chi connectivity index (χ0n) is 14.8. The van der Waals surface area contributed by atoms with E-state index in [-0.39, 0.29) is 17.9 Å². The monoisotopic (exact) mass is 367 g/mol. The van der Waals surface area contributed by atoms with Gasteiger partial charge in [-0.2, -0.15) is 0 Å². The molecule has 1 amide bonds. The predicted octanol–water partition coefficient (Wildman–Crippen LogP) is 4.75. The van der Waals surface area contributed by atoms with Crippen molar-refractivity contribution in [2.24, 2.45) is 0 Å². The van der Waals surface area contributed by atoms with Crippen molar-refractivity contribution < 1.29 is 13.6 Å². The number of hydrogen-bond donors (Lipinski definition) is 1. The van der Waals surface area contributed by atoms with Crippen LogP contribution >= 0.6 is 0 Å². The lowest BCUT2D eigenvalue weighted by Crippen LogP contribution is -2.23. The Hall–Kier alpha value is -3.15. The van der Waals surface area contributed by atoms with E-state index >= 15 is 0 Å². The highest BCUT2D eigenvalue weighted by molar-refractivity contribution is 5.97. The van der Waals surface area contributed by atoms with Crippen LogP contribution in [0.4, 0.5) is 14.6 Å². The van der Waals surface area contributed by atoms with Crippen molar-refractivity contribution in [2.75, 3.05) is 5.32 Å². The second-order valence-corrected chi connectivity index (χ2v) is 6.10. The van der Waals surface area contributed by atoms with Gasteiger partial charge in [0.15, 0.2) is 5.82 Å². The summed E-state index contributed by atoms with van der Waals surface area (Å²) in [4.78, 5) is 20.9. The maximum Gasteiger partial charge on any atom is 0.273 e. The number of anilines is 1. The van der Waals surface area contributed by atoms with Gasteiger partial charge in [-0.15, -0.1) is 0 Å². The largest absolute Gasteiger partial charge is 0.309 e. The summed E-state index contributed by atoms with van der Waals surface area (Å²) in [5.74, 6) is -3.52. The van der Waals surface area contributed by atoms with Gasteiger partial charge in [-0.3, -0.25) is 9.78 Å². The van der Waals surface area contributed by atoms with Crippen molar-refractivity contribution >= 4 is 11.7 Å². The molecular weight excluding hydrogens is 348 g/mol. The Morgan fingerprint density at radius 1 is 1.04 bits per heavy atom. The first-order valence-electron chi connectivity index (χ1n) is 8.61. The Morgan fingerprint density at radius 3 is 2.30 bits per heavy atom. The lowest BCUT2D eigenvalue weighted by atomic mass is 9.89. The van der Waals surface area contributed by atoms with Gasteiger partial charge >= 0.3 is 0 Å². The predicted molar refractivity (Wildman–Crippen MR) is 99.6 cm³/mol. The molecule has 0 fully saturated rings. The fourth-order valence-corrected chi connectivity index (χ4v) is 2.83. The van der Waals surface area contributed by atoms with Gasteiger partial charge in [0.2, 0.25) is 5.91 Å². The quantitative estimate of drug-likeness (QED) is 0.684. The van der Waals surface area contributed by atoms with Gasteiger partial charge in [-0.1, -0.05) is 61.5 Å². The maximum atomic E-state index is 13.9. The van der Waals surface area contributed by atoms with Gasteiger partial charge in [0.25, 0.3) is 5.92 Å². The average Bonchev–Trinajstić information content (AvgIpc) is 2.70. The maximum absolute atomic E-state index is 13.9. The fourth-order valence-electron chi connectivity index (χ4n) is 2.83. The zero-order valence-corrected chi connectivity index (χ0v) is 14.8. The molecule has 2 aromatic carbocycles. The minimum Gasteiger partial charge on any atom is -0.309 e. The second kappa shape index (κ2) is 8.03. The van der Waals surface area contributed by atoms with Crippen LogP contribution in [0, 0.1) is 0 Å². The molecule has 0 saturated heterocycles. The fraction of sp³-hybridized carbons (Fsp3) is 0.190. The van der Waals surface area contributed by atoms with Crippen LogP contribution in [0.1, 0.15) is 36.0 Å². The molecule has 0 radical (unpaired) electrons. The number of carbonyl (C=O) groups is 1. The Bertz CT molecular complexity index is 884. The van der Waals surface area contributed by atoms with Crippen molar-refractivity contribution in [2.45, 2.75) is 25.2 Å². The van der Waals surface area contributed by atoms with Crippen molar-refractivity contribution in [3.8, 4) is 0 Å². The number of halogens is 2. The molecular formula is C21H19F2N3O. The molecule has 0 aliphatic carbocycles. The van der Waals surface area contributed by atoms with Crippen molar-refractivity contribution in [3.63, 3.8) is 0 Å². The lowest BCUT2D eigenvalue weighted by molar-refractivity contribution is -0.116. The molecule has 1 heterocycles. The molecule has 1 atom stereocenters. The van der Waals surface area contributed by atoms with Crippen LogP contribution in [0.3, 0.4) is 0 Å². The van der Waals surface area contributed by atoms with Gasteiger partial charge in [-0.05, 0) is 11.1 Å². The Labute approximate surface area is 156 Å². The summed E-state index contributed by atoms with van der Waals surface area (Å²) >= 11 is 0. The molecule has 1 unspecified atom stereocenters. The van der Waals surface area contributed by atoms with Gasteiger partial charge in [-0.25, -0.2) is 13.8 Å². The first kappa shape index (κ1) is 18.6. The van der Waals surface area contributed by atoms with E-state index in [4.69, 9.17) is 0 Å². The van der Waals surface area contributed by atoms with E-state index < -0.39 is 11.8 Å². The van der Waals surface area contributed by atoms with Crippen LogP contribution in [-0.4, -0.2) is 15.9 Å². The molecule has 6 heteroatoms. The summed E-state index contributed by atoms with van der Waals surface area (Å²) in [5, 5.41) is 2.73. The minimum absolute atomic E-state index is 0.0603.